The SMILES string of the molecule is CCCCCCCCCCCCCCCCCCCCCCCCCCC(O)C(CO)NC(=O)CCCCCCC/C=C\CCCCCCCCCCCOC(=O)CCCCCCCCCCCCCCCCCC. The van der Waals surface area contributed by atoms with Crippen molar-refractivity contribution in [3.8, 4) is 0 Å². The van der Waals surface area contributed by atoms with E-state index in [1.54, 1.807) is 0 Å². The number of hydrogen-bond acceptors (Lipinski definition) is 5. The van der Waals surface area contributed by atoms with E-state index >= 15 is 0 Å². The quantitative estimate of drug-likeness (QED) is 0.0320. The number of ether oxygens (including phenoxy) is 1. The van der Waals surface area contributed by atoms with Crippen molar-refractivity contribution in [2.24, 2.45) is 0 Å². The molecular weight excluding hydrogens is 923 g/mol. The van der Waals surface area contributed by atoms with Crippen molar-refractivity contribution in [2.75, 3.05) is 13.2 Å². The maximum atomic E-state index is 12.5. The van der Waals surface area contributed by atoms with Gasteiger partial charge in [-0.3, -0.25) is 9.59 Å². The molecule has 0 aliphatic heterocycles. The lowest BCUT2D eigenvalue weighted by molar-refractivity contribution is -0.143. The molecule has 2 unspecified atom stereocenters. The van der Waals surface area contributed by atoms with Crippen LogP contribution >= 0.6 is 0 Å². The molecule has 0 spiro atoms. The molecule has 6 heteroatoms. The molecule has 0 aliphatic carbocycles. The van der Waals surface area contributed by atoms with E-state index in [4.69, 9.17) is 4.74 Å². The number of unbranched alkanes of at least 4 members (excludes halogenated alkanes) is 52. The minimum Gasteiger partial charge on any atom is -0.466 e. The highest BCUT2D eigenvalue weighted by Crippen LogP contribution is 2.19. The zero-order chi connectivity index (χ0) is 54.3. The fourth-order valence-electron chi connectivity index (χ4n) is 11.1. The monoisotopic (exact) mass is 1060 g/mol. The first kappa shape index (κ1) is 73.6. The van der Waals surface area contributed by atoms with Crippen molar-refractivity contribution in [3.63, 3.8) is 0 Å². The van der Waals surface area contributed by atoms with Crippen LogP contribution in [0.25, 0.3) is 0 Å². The predicted octanol–water partition coefficient (Wildman–Crippen LogP) is 22.0. The minimum absolute atomic E-state index is 0.00781. The molecule has 75 heavy (non-hydrogen) atoms. The van der Waals surface area contributed by atoms with E-state index < -0.39 is 12.1 Å². The maximum Gasteiger partial charge on any atom is 0.305 e. The third-order valence-electron chi connectivity index (χ3n) is 16.3. The Kier molecular flexibility index (Phi) is 63.9. The smallest absolute Gasteiger partial charge is 0.305 e. The van der Waals surface area contributed by atoms with E-state index in [2.05, 4.69) is 31.3 Å². The third-order valence-corrected chi connectivity index (χ3v) is 16.3. The van der Waals surface area contributed by atoms with Gasteiger partial charge < -0.3 is 20.3 Å². The maximum absolute atomic E-state index is 12.5. The van der Waals surface area contributed by atoms with Crippen LogP contribution in [0.15, 0.2) is 12.2 Å². The number of amides is 1. The summed E-state index contributed by atoms with van der Waals surface area (Å²) in [7, 11) is 0. The number of aliphatic hydroxyl groups is 2. The molecule has 1 amide bonds. The Balaban J connectivity index is 3.42. The molecule has 0 heterocycles. The number of esters is 1. The molecule has 446 valence electrons. The zero-order valence-electron chi connectivity index (χ0n) is 51.1. The summed E-state index contributed by atoms with van der Waals surface area (Å²) in [5, 5.41) is 23.4. The van der Waals surface area contributed by atoms with Crippen LogP contribution in [0.2, 0.25) is 0 Å². The molecule has 0 aromatic rings. The van der Waals surface area contributed by atoms with Crippen LogP contribution in [-0.2, 0) is 14.3 Å². The first-order chi connectivity index (χ1) is 37.0. The van der Waals surface area contributed by atoms with E-state index in [1.165, 1.54) is 308 Å². The number of hydrogen-bond donors (Lipinski definition) is 3. The Labute approximate surface area is 469 Å². The average molecular weight is 1060 g/mol. The van der Waals surface area contributed by atoms with Crippen LogP contribution < -0.4 is 5.32 Å². The summed E-state index contributed by atoms with van der Waals surface area (Å²) in [5.41, 5.74) is 0. The Morgan fingerprint density at radius 3 is 0.947 bits per heavy atom. The summed E-state index contributed by atoms with van der Waals surface area (Å²) >= 11 is 0. The number of carbonyl (C=O) groups excluding carboxylic acids is 2. The molecule has 0 aromatic heterocycles. The summed E-state index contributed by atoms with van der Waals surface area (Å²) in [6.45, 7) is 4.98. The third kappa shape index (κ3) is 61.7. The van der Waals surface area contributed by atoms with E-state index in [-0.39, 0.29) is 18.5 Å². The van der Waals surface area contributed by atoms with Gasteiger partial charge in [0, 0.05) is 12.8 Å². The van der Waals surface area contributed by atoms with Crippen molar-refractivity contribution in [1.29, 1.82) is 0 Å². The lowest BCUT2D eigenvalue weighted by Gasteiger charge is -2.22. The van der Waals surface area contributed by atoms with Gasteiger partial charge in [-0.2, -0.15) is 0 Å². The van der Waals surface area contributed by atoms with E-state index in [0.29, 0.717) is 25.9 Å². The second-order valence-electron chi connectivity index (χ2n) is 23.9. The van der Waals surface area contributed by atoms with Gasteiger partial charge in [-0.1, -0.05) is 341 Å². The van der Waals surface area contributed by atoms with Gasteiger partial charge in [0.25, 0.3) is 0 Å². The zero-order valence-corrected chi connectivity index (χ0v) is 51.1. The fourth-order valence-corrected chi connectivity index (χ4v) is 11.1. The first-order valence-corrected chi connectivity index (χ1v) is 34.4. The summed E-state index contributed by atoms with van der Waals surface area (Å²) in [4.78, 5) is 24.6. The molecule has 0 aromatic carbocycles. The molecule has 0 radical (unpaired) electrons. The Morgan fingerprint density at radius 2 is 0.627 bits per heavy atom. The molecule has 2 atom stereocenters. The van der Waals surface area contributed by atoms with Gasteiger partial charge in [0.15, 0.2) is 0 Å². The lowest BCUT2D eigenvalue weighted by Crippen LogP contribution is -2.45. The molecule has 0 saturated carbocycles. The largest absolute Gasteiger partial charge is 0.466 e. The molecule has 3 N–H and O–H groups in total. The highest BCUT2D eigenvalue weighted by molar-refractivity contribution is 5.76. The number of nitrogens with one attached hydrogen (secondary N) is 1. The van der Waals surface area contributed by atoms with Crippen LogP contribution in [0.4, 0.5) is 0 Å². The normalized spacial score (nSPS) is 12.5. The number of aliphatic hydroxyl groups excluding tert-OH is 2. The Bertz CT molecular complexity index is 1130. The number of allylic oxidation sites excluding steroid dienone is 2. The lowest BCUT2D eigenvalue weighted by atomic mass is 10.0. The van der Waals surface area contributed by atoms with Gasteiger partial charge in [0.05, 0.1) is 25.4 Å². The van der Waals surface area contributed by atoms with Crippen molar-refractivity contribution in [3.05, 3.63) is 12.2 Å². The summed E-state index contributed by atoms with van der Waals surface area (Å²) in [6.07, 6.45) is 79.6. The van der Waals surface area contributed by atoms with Gasteiger partial charge in [-0.25, -0.2) is 0 Å². The average Bonchev–Trinajstić information content (AvgIpc) is 3.41. The Hall–Kier alpha value is -1.40. The number of carbonyl (C=O) groups is 2. The van der Waals surface area contributed by atoms with Crippen molar-refractivity contribution >= 4 is 11.9 Å². The van der Waals surface area contributed by atoms with Crippen molar-refractivity contribution in [2.45, 2.75) is 405 Å². The minimum atomic E-state index is -0.674. The van der Waals surface area contributed by atoms with Gasteiger partial charge in [0.2, 0.25) is 5.91 Å². The van der Waals surface area contributed by atoms with Gasteiger partial charge in [0.1, 0.15) is 0 Å². The Morgan fingerprint density at radius 1 is 0.360 bits per heavy atom. The summed E-state index contributed by atoms with van der Waals surface area (Å²) in [5.74, 6) is -0.0364. The molecule has 0 rings (SSSR count). The topological polar surface area (TPSA) is 95.9 Å². The second-order valence-corrected chi connectivity index (χ2v) is 23.9. The molecule has 0 saturated heterocycles. The molecule has 0 bridgehead atoms. The van der Waals surface area contributed by atoms with Gasteiger partial charge >= 0.3 is 5.97 Å². The van der Waals surface area contributed by atoms with Crippen LogP contribution in [0, 0.1) is 0 Å². The summed E-state index contributed by atoms with van der Waals surface area (Å²) < 4.78 is 5.49. The van der Waals surface area contributed by atoms with Gasteiger partial charge in [-0.05, 0) is 51.4 Å². The van der Waals surface area contributed by atoms with E-state index in [9.17, 15) is 19.8 Å². The standard InChI is InChI=1S/C69H135NO5/c1-3-5-7-9-11-13-15-17-19-21-22-23-24-25-26-27-30-33-37-41-45-49-53-57-61-67(72)66(65-71)70-68(73)62-58-54-50-46-42-38-34-31-28-29-32-36-40-44-48-52-56-60-64-75-69(74)63-59-55-51-47-43-39-35-20-18-16-14-12-10-8-6-4-2/h31,34,66-67,71-72H,3-30,32-33,35-65H2,1-2H3,(H,70,73)/b34-31-. The van der Waals surface area contributed by atoms with E-state index in [1.807, 2.05) is 0 Å². The molecule has 0 fully saturated rings. The van der Waals surface area contributed by atoms with Crippen LogP contribution in [0.1, 0.15) is 393 Å². The highest BCUT2D eigenvalue weighted by Gasteiger charge is 2.20. The highest BCUT2D eigenvalue weighted by atomic mass is 16.5. The second kappa shape index (κ2) is 65.1. The molecule has 0 aliphatic rings. The molecular formula is C69H135NO5. The van der Waals surface area contributed by atoms with Gasteiger partial charge in [-0.15, -0.1) is 0 Å². The van der Waals surface area contributed by atoms with Crippen LogP contribution in [0.5, 0.6) is 0 Å². The van der Waals surface area contributed by atoms with E-state index in [0.717, 1.165) is 51.4 Å². The van der Waals surface area contributed by atoms with Crippen LogP contribution in [0.3, 0.4) is 0 Å². The number of rotatable bonds is 65. The first-order valence-electron chi connectivity index (χ1n) is 34.4. The summed E-state index contributed by atoms with van der Waals surface area (Å²) in [6, 6.07) is -0.552. The van der Waals surface area contributed by atoms with Crippen LogP contribution in [-0.4, -0.2) is 47.4 Å². The van der Waals surface area contributed by atoms with Crippen molar-refractivity contribution in [1.82, 2.24) is 5.32 Å². The van der Waals surface area contributed by atoms with Crippen molar-refractivity contribution < 1.29 is 24.5 Å². The molecule has 6 nitrogen and oxygen atoms in total. The predicted molar refractivity (Wildman–Crippen MR) is 329 cm³/mol. The fraction of sp³-hybridized carbons (Fsp3) is 0.942.